The minimum atomic E-state index is 0.545. The van der Waals surface area contributed by atoms with Crippen LogP contribution in [-0.2, 0) is 0 Å². The second-order valence-corrected chi connectivity index (χ2v) is 5.26. The van der Waals surface area contributed by atoms with Gasteiger partial charge in [0.1, 0.15) is 11.4 Å². The van der Waals surface area contributed by atoms with Gasteiger partial charge in [0.05, 0.1) is 28.4 Å². The molecule has 1 N–H and O–H groups in total. The summed E-state index contributed by atoms with van der Waals surface area (Å²) in [6, 6.07) is 11.5. The summed E-state index contributed by atoms with van der Waals surface area (Å²) in [5.41, 5.74) is 3.48. The van der Waals surface area contributed by atoms with Gasteiger partial charge in [-0.3, -0.25) is 5.10 Å². The number of nitrogens with zero attached hydrogens (tertiary/aromatic N) is 1. The maximum absolute atomic E-state index is 5.48. The Bertz CT molecular complexity index is 848. The molecule has 0 atom stereocenters. The zero-order valence-electron chi connectivity index (χ0n) is 14.6. The lowest BCUT2D eigenvalue weighted by molar-refractivity contribution is 0.324. The third kappa shape index (κ3) is 2.98. The molecule has 0 aliphatic rings. The van der Waals surface area contributed by atoms with E-state index in [4.69, 9.17) is 18.9 Å². The van der Waals surface area contributed by atoms with Crippen LogP contribution in [0.15, 0.2) is 42.6 Å². The molecule has 6 heteroatoms. The number of nitrogens with one attached hydrogen (secondary N) is 1. The first-order valence-corrected chi connectivity index (χ1v) is 7.71. The Morgan fingerprint density at radius 1 is 0.760 bits per heavy atom. The van der Waals surface area contributed by atoms with Gasteiger partial charge in [-0.25, -0.2) is 0 Å². The minimum absolute atomic E-state index is 0.545. The summed E-state index contributed by atoms with van der Waals surface area (Å²) < 4.78 is 21.7. The fourth-order valence-electron chi connectivity index (χ4n) is 2.80. The smallest absolute Gasteiger partial charge is 0.203 e. The molecule has 0 bridgehead atoms. The fraction of sp³-hybridized carbons (Fsp3) is 0.211. The molecule has 3 aromatic rings. The predicted octanol–water partition coefficient (Wildman–Crippen LogP) is 3.78. The van der Waals surface area contributed by atoms with Crippen molar-refractivity contribution in [1.82, 2.24) is 10.2 Å². The van der Waals surface area contributed by atoms with Crippen LogP contribution in [0.4, 0.5) is 0 Å². The van der Waals surface area contributed by atoms with E-state index in [-0.39, 0.29) is 0 Å². The van der Waals surface area contributed by atoms with E-state index in [1.54, 1.807) is 28.4 Å². The summed E-state index contributed by atoms with van der Waals surface area (Å²) in [6.45, 7) is 0. The largest absolute Gasteiger partial charge is 0.496 e. The third-order valence-electron chi connectivity index (χ3n) is 3.98. The number of ether oxygens (including phenoxy) is 4. The number of aromatic amines is 1. The maximum Gasteiger partial charge on any atom is 0.203 e. The molecule has 0 aliphatic heterocycles. The summed E-state index contributed by atoms with van der Waals surface area (Å²) in [4.78, 5) is 0. The number of hydrogen-bond acceptors (Lipinski definition) is 5. The molecule has 1 aromatic heterocycles. The van der Waals surface area contributed by atoms with Crippen LogP contribution in [0, 0.1) is 0 Å². The van der Waals surface area contributed by atoms with E-state index >= 15 is 0 Å². The maximum atomic E-state index is 5.48. The standard InChI is InChI=1S/C19H20N2O4/c1-22-15-8-6-5-7-13(15)14-11-20-21-18(14)12-9-16(23-2)19(25-4)17(10-12)24-3/h5-11H,1-4H3,(H,20,21). The number of benzene rings is 2. The molecule has 0 spiro atoms. The highest BCUT2D eigenvalue weighted by Gasteiger charge is 2.19. The van der Waals surface area contributed by atoms with Gasteiger partial charge in [-0.1, -0.05) is 18.2 Å². The van der Waals surface area contributed by atoms with Crippen molar-refractivity contribution >= 4 is 0 Å². The predicted molar refractivity (Wildman–Crippen MR) is 95.7 cm³/mol. The molecule has 0 amide bonds. The Labute approximate surface area is 146 Å². The normalized spacial score (nSPS) is 10.4. The van der Waals surface area contributed by atoms with Crippen molar-refractivity contribution in [2.45, 2.75) is 0 Å². The summed E-state index contributed by atoms with van der Waals surface area (Å²) in [7, 11) is 6.41. The van der Waals surface area contributed by atoms with Crippen LogP contribution in [0.5, 0.6) is 23.0 Å². The van der Waals surface area contributed by atoms with Gasteiger partial charge >= 0.3 is 0 Å². The summed E-state index contributed by atoms with van der Waals surface area (Å²) in [6.07, 6.45) is 1.84. The molecule has 0 saturated carbocycles. The van der Waals surface area contributed by atoms with E-state index < -0.39 is 0 Å². The molecular weight excluding hydrogens is 320 g/mol. The van der Waals surface area contributed by atoms with Crippen molar-refractivity contribution in [3.05, 3.63) is 42.6 Å². The summed E-state index contributed by atoms with van der Waals surface area (Å²) >= 11 is 0. The number of para-hydroxylation sites is 1. The molecule has 1 heterocycles. The first-order valence-electron chi connectivity index (χ1n) is 7.71. The topological polar surface area (TPSA) is 65.6 Å². The molecule has 0 saturated heterocycles. The lowest BCUT2D eigenvalue weighted by atomic mass is 10.0. The highest BCUT2D eigenvalue weighted by atomic mass is 16.5. The molecule has 2 aromatic carbocycles. The highest BCUT2D eigenvalue weighted by Crippen LogP contribution is 2.43. The number of rotatable bonds is 6. The van der Waals surface area contributed by atoms with Crippen molar-refractivity contribution in [3.63, 3.8) is 0 Å². The zero-order valence-corrected chi connectivity index (χ0v) is 14.6. The van der Waals surface area contributed by atoms with Crippen molar-refractivity contribution in [1.29, 1.82) is 0 Å². The van der Waals surface area contributed by atoms with Gasteiger partial charge < -0.3 is 18.9 Å². The van der Waals surface area contributed by atoms with Crippen LogP contribution >= 0.6 is 0 Å². The van der Waals surface area contributed by atoms with E-state index in [2.05, 4.69) is 10.2 Å². The fourth-order valence-corrected chi connectivity index (χ4v) is 2.80. The number of hydrogen-bond donors (Lipinski definition) is 1. The van der Waals surface area contributed by atoms with Crippen LogP contribution in [0.2, 0.25) is 0 Å². The van der Waals surface area contributed by atoms with E-state index in [9.17, 15) is 0 Å². The van der Waals surface area contributed by atoms with Gasteiger partial charge in [-0.15, -0.1) is 0 Å². The van der Waals surface area contributed by atoms with Gasteiger partial charge in [0, 0.05) is 22.9 Å². The third-order valence-corrected chi connectivity index (χ3v) is 3.98. The lowest BCUT2D eigenvalue weighted by Gasteiger charge is -2.14. The van der Waals surface area contributed by atoms with Crippen molar-refractivity contribution in [2.75, 3.05) is 28.4 Å². The average Bonchev–Trinajstić information content (AvgIpc) is 3.16. The van der Waals surface area contributed by atoms with E-state index in [1.807, 2.05) is 42.6 Å². The van der Waals surface area contributed by atoms with E-state index in [1.165, 1.54) is 0 Å². The van der Waals surface area contributed by atoms with Gasteiger partial charge in [-0.2, -0.15) is 5.10 Å². The SMILES string of the molecule is COc1ccccc1-c1c[nH]nc1-c1cc(OC)c(OC)c(OC)c1. The van der Waals surface area contributed by atoms with Gasteiger partial charge in [0.2, 0.25) is 5.75 Å². The van der Waals surface area contributed by atoms with Gasteiger partial charge in [0.25, 0.3) is 0 Å². The molecular formula is C19H20N2O4. The van der Waals surface area contributed by atoms with Crippen molar-refractivity contribution < 1.29 is 18.9 Å². The minimum Gasteiger partial charge on any atom is -0.496 e. The lowest BCUT2D eigenvalue weighted by Crippen LogP contribution is -1.96. The monoisotopic (exact) mass is 340 g/mol. The second kappa shape index (κ2) is 7.17. The Balaban J connectivity index is 2.18. The molecule has 0 aliphatic carbocycles. The van der Waals surface area contributed by atoms with Crippen LogP contribution in [0.3, 0.4) is 0 Å². The second-order valence-electron chi connectivity index (χ2n) is 5.26. The van der Waals surface area contributed by atoms with E-state index in [0.717, 1.165) is 28.1 Å². The Morgan fingerprint density at radius 3 is 2.00 bits per heavy atom. The average molecular weight is 340 g/mol. The summed E-state index contributed by atoms with van der Waals surface area (Å²) in [5, 5.41) is 7.34. The number of aromatic nitrogens is 2. The first kappa shape index (κ1) is 16.7. The highest BCUT2D eigenvalue weighted by molar-refractivity contribution is 5.84. The van der Waals surface area contributed by atoms with Gasteiger partial charge in [-0.05, 0) is 18.2 Å². The molecule has 130 valence electrons. The molecule has 3 rings (SSSR count). The van der Waals surface area contributed by atoms with Crippen LogP contribution in [0.1, 0.15) is 0 Å². The molecule has 0 fully saturated rings. The molecule has 0 unspecified atom stereocenters. The molecule has 0 radical (unpaired) electrons. The quantitative estimate of drug-likeness (QED) is 0.740. The van der Waals surface area contributed by atoms with E-state index in [0.29, 0.717) is 17.2 Å². The van der Waals surface area contributed by atoms with Crippen LogP contribution in [0.25, 0.3) is 22.4 Å². The number of H-pyrrole nitrogens is 1. The first-order chi connectivity index (χ1) is 12.2. The molecule has 25 heavy (non-hydrogen) atoms. The zero-order chi connectivity index (χ0) is 17.8. The number of methoxy groups -OCH3 is 4. The van der Waals surface area contributed by atoms with Crippen molar-refractivity contribution in [2.24, 2.45) is 0 Å². The Hall–Kier alpha value is -3.15. The van der Waals surface area contributed by atoms with Crippen molar-refractivity contribution in [3.8, 4) is 45.4 Å². The summed E-state index contributed by atoms with van der Waals surface area (Å²) in [5.74, 6) is 2.47. The molecule has 6 nitrogen and oxygen atoms in total. The van der Waals surface area contributed by atoms with Gasteiger partial charge in [0.15, 0.2) is 11.5 Å². The van der Waals surface area contributed by atoms with Crippen LogP contribution < -0.4 is 18.9 Å². The Morgan fingerprint density at radius 2 is 1.40 bits per heavy atom. The Kier molecular flexibility index (Phi) is 4.79. The van der Waals surface area contributed by atoms with Crippen LogP contribution in [-0.4, -0.2) is 38.6 Å².